The van der Waals surface area contributed by atoms with Gasteiger partial charge in [-0.05, 0) is 45.6 Å². The van der Waals surface area contributed by atoms with Crippen LogP contribution < -0.4 is 11.1 Å². The monoisotopic (exact) mass is 250 g/mol. The smallest absolute Gasteiger partial charge is 0.269 e. The summed E-state index contributed by atoms with van der Waals surface area (Å²) in [5.41, 5.74) is 7.40. The zero-order valence-corrected chi connectivity index (χ0v) is 11.1. The second-order valence-electron chi connectivity index (χ2n) is 5.07. The van der Waals surface area contributed by atoms with E-state index in [0.717, 1.165) is 31.4 Å². The van der Waals surface area contributed by atoms with E-state index in [4.69, 9.17) is 5.73 Å². The first-order chi connectivity index (χ1) is 8.60. The summed E-state index contributed by atoms with van der Waals surface area (Å²) in [6.07, 6.45) is 3.95. The van der Waals surface area contributed by atoms with Crippen molar-refractivity contribution in [1.82, 2.24) is 15.1 Å². The average molecular weight is 250 g/mol. The number of aryl methyl sites for hydroxylation is 2. The molecule has 5 nitrogen and oxygen atoms in total. The third-order valence-electron chi connectivity index (χ3n) is 3.54. The van der Waals surface area contributed by atoms with Crippen LogP contribution in [0.15, 0.2) is 6.07 Å². The molecular weight excluding hydrogens is 228 g/mol. The molecule has 0 aliphatic heterocycles. The number of nitrogens with zero attached hydrogens (tertiary/aromatic N) is 2. The van der Waals surface area contributed by atoms with E-state index in [0.29, 0.717) is 18.3 Å². The highest BCUT2D eigenvalue weighted by Crippen LogP contribution is 2.17. The van der Waals surface area contributed by atoms with Crippen LogP contribution in [0.4, 0.5) is 0 Å². The zero-order valence-electron chi connectivity index (χ0n) is 11.1. The summed E-state index contributed by atoms with van der Waals surface area (Å²) in [4.78, 5) is 12.2. The molecule has 100 valence electrons. The fraction of sp³-hybridized carbons (Fsp3) is 0.692. The summed E-state index contributed by atoms with van der Waals surface area (Å²) in [6, 6.07) is 2.41. The van der Waals surface area contributed by atoms with Gasteiger partial charge in [0, 0.05) is 18.6 Å². The first kappa shape index (κ1) is 13.1. The van der Waals surface area contributed by atoms with E-state index in [1.54, 1.807) is 4.68 Å². The summed E-state index contributed by atoms with van der Waals surface area (Å²) in [5.74, 6) is -0.0158. The molecule has 5 heteroatoms. The minimum Gasteiger partial charge on any atom is -0.348 e. The lowest BCUT2D eigenvalue weighted by Crippen LogP contribution is -2.41. The predicted octanol–water partition coefficient (Wildman–Crippen LogP) is 1.21. The molecule has 1 aliphatic carbocycles. The molecule has 0 radical (unpaired) electrons. The van der Waals surface area contributed by atoms with Crippen LogP contribution in [0.25, 0.3) is 0 Å². The van der Waals surface area contributed by atoms with Crippen LogP contribution in [0, 0.1) is 6.92 Å². The Labute approximate surface area is 108 Å². The lowest BCUT2D eigenvalue weighted by Gasteiger charge is -2.26. The molecule has 0 spiro atoms. The Hall–Kier alpha value is -1.36. The molecule has 0 aromatic carbocycles. The second-order valence-corrected chi connectivity index (χ2v) is 5.07. The Kier molecular flexibility index (Phi) is 4.01. The Morgan fingerprint density at radius 3 is 2.78 bits per heavy atom. The average Bonchev–Trinajstić information content (AvgIpc) is 2.73. The number of amides is 1. The summed E-state index contributed by atoms with van der Waals surface area (Å²) in [6.45, 7) is 4.61. The number of nitrogens with one attached hydrogen (secondary N) is 1. The number of nitrogens with two attached hydrogens (primary N) is 1. The van der Waals surface area contributed by atoms with Gasteiger partial charge >= 0.3 is 0 Å². The van der Waals surface area contributed by atoms with Gasteiger partial charge in [0.15, 0.2) is 0 Å². The molecule has 1 aliphatic rings. The van der Waals surface area contributed by atoms with Crippen molar-refractivity contribution in [2.45, 2.75) is 58.2 Å². The molecule has 0 bridgehead atoms. The summed E-state index contributed by atoms with van der Waals surface area (Å²) >= 11 is 0. The topological polar surface area (TPSA) is 72.9 Å². The van der Waals surface area contributed by atoms with Crippen molar-refractivity contribution < 1.29 is 4.79 Å². The molecule has 1 heterocycles. The van der Waals surface area contributed by atoms with Crippen LogP contribution in [0.5, 0.6) is 0 Å². The first-order valence-corrected chi connectivity index (χ1v) is 6.71. The summed E-state index contributed by atoms with van der Waals surface area (Å²) in [5, 5.41) is 7.38. The van der Waals surface area contributed by atoms with E-state index < -0.39 is 0 Å². The van der Waals surface area contributed by atoms with Crippen molar-refractivity contribution in [2.75, 3.05) is 0 Å². The van der Waals surface area contributed by atoms with Crippen molar-refractivity contribution in [1.29, 1.82) is 0 Å². The van der Waals surface area contributed by atoms with Gasteiger partial charge in [0.2, 0.25) is 0 Å². The molecule has 18 heavy (non-hydrogen) atoms. The van der Waals surface area contributed by atoms with Gasteiger partial charge in [-0.3, -0.25) is 9.48 Å². The van der Waals surface area contributed by atoms with E-state index >= 15 is 0 Å². The molecule has 1 aromatic rings. The minimum atomic E-state index is -0.0158. The van der Waals surface area contributed by atoms with Gasteiger partial charge in [0.25, 0.3) is 5.91 Å². The Morgan fingerprint density at radius 2 is 2.17 bits per heavy atom. The van der Waals surface area contributed by atoms with Gasteiger partial charge in [-0.15, -0.1) is 0 Å². The van der Waals surface area contributed by atoms with Gasteiger partial charge in [-0.2, -0.15) is 5.10 Å². The third kappa shape index (κ3) is 2.90. The Morgan fingerprint density at radius 1 is 1.50 bits per heavy atom. The molecule has 1 amide bonds. The summed E-state index contributed by atoms with van der Waals surface area (Å²) in [7, 11) is 0. The maximum atomic E-state index is 12.2. The SMILES string of the molecule is CCn1nc(C)cc1C(=O)NC1CCC(N)CC1. The van der Waals surface area contributed by atoms with E-state index in [1.807, 2.05) is 19.9 Å². The van der Waals surface area contributed by atoms with Crippen LogP contribution in [0.3, 0.4) is 0 Å². The number of hydrogen-bond acceptors (Lipinski definition) is 3. The van der Waals surface area contributed by atoms with E-state index in [1.165, 1.54) is 0 Å². The maximum Gasteiger partial charge on any atom is 0.269 e. The van der Waals surface area contributed by atoms with Crippen molar-refractivity contribution in [2.24, 2.45) is 5.73 Å². The largest absolute Gasteiger partial charge is 0.348 e. The molecule has 1 aromatic heterocycles. The van der Waals surface area contributed by atoms with E-state index in [-0.39, 0.29) is 11.9 Å². The van der Waals surface area contributed by atoms with Crippen LogP contribution in [-0.2, 0) is 6.54 Å². The van der Waals surface area contributed by atoms with Crippen LogP contribution in [-0.4, -0.2) is 27.8 Å². The highest BCUT2D eigenvalue weighted by Gasteiger charge is 2.22. The first-order valence-electron chi connectivity index (χ1n) is 6.71. The van der Waals surface area contributed by atoms with Crippen molar-refractivity contribution in [3.05, 3.63) is 17.5 Å². The normalized spacial score (nSPS) is 23.9. The van der Waals surface area contributed by atoms with Crippen molar-refractivity contribution >= 4 is 5.91 Å². The Balaban J connectivity index is 1.99. The van der Waals surface area contributed by atoms with E-state index in [9.17, 15) is 4.79 Å². The number of aromatic nitrogens is 2. The Bertz CT molecular complexity index is 419. The molecule has 1 saturated carbocycles. The number of rotatable bonds is 3. The molecular formula is C13H22N4O. The fourth-order valence-electron chi connectivity index (χ4n) is 2.49. The number of carbonyl (C=O) groups excluding carboxylic acids is 1. The van der Waals surface area contributed by atoms with Gasteiger partial charge in [-0.1, -0.05) is 0 Å². The van der Waals surface area contributed by atoms with Gasteiger partial charge in [0.1, 0.15) is 5.69 Å². The molecule has 3 N–H and O–H groups in total. The van der Waals surface area contributed by atoms with Crippen molar-refractivity contribution in [3.63, 3.8) is 0 Å². The standard InChI is InChI=1S/C13H22N4O/c1-3-17-12(8-9(2)16-17)13(18)15-11-6-4-10(14)5-7-11/h8,10-11H,3-7,14H2,1-2H3,(H,15,18). The lowest BCUT2D eigenvalue weighted by atomic mass is 9.92. The van der Waals surface area contributed by atoms with Gasteiger partial charge in [0.05, 0.1) is 5.69 Å². The highest BCUT2D eigenvalue weighted by molar-refractivity contribution is 5.92. The minimum absolute atomic E-state index is 0.0158. The quantitative estimate of drug-likeness (QED) is 0.847. The lowest BCUT2D eigenvalue weighted by molar-refractivity contribution is 0.0915. The summed E-state index contributed by atoms with van der Waals surface area (Å²) < 4.78 is 1.75. The zero-order chi connectivity index (χ0) is 13.1. The van der Waals surface area contributed by atoms with Crippen LogP contribution in [0.1, 0.15) is 48.8 Å². The van der Waals surface area contributed by atoms with Crippen molar-refractivity contribution in [3.8, 4) is 0 Å². The van der Waals surface area contributed by atoms with Gasteiger partial charge < -0.3 is 11.1 Å². The van der Waals surface area contributed by atoms with Crippen LogP contribution in [0.2, 0.25) is 0 Å². The molecule has 0 atom stereocenters. The molecule has 0 saturated heterocycles. The number of hydrogen-bond donors (Lipinski definition) is 2. The third-order valence-corrected chi connectivity index (χ3v) is 3.54. The van der Waals surface area contributed by atoms with Crippen LogP contribution >= 0.6 is 0 Å². The molecule has 0 unspecified atom stereocenters. The second kappa shape index (κ2) is 5.52. The number of carbonyl (C=O) groups is 1. The molecule has 1 fully saturated rings. The van der Waals surface area contributed by atoms with E-state index in [2.05, 4.69) is 10.4 Å². The highest BCUT2D eigenvalue weighted by atomic mass is 16.2. The predicted molar refractivity (Wildman–Crippen MR) is 70.3 cm³/mol. The maximum absolute atomic E-state index is 12.2. The van der Waals surface area contributed by atoms with Gasteiger partial charge in [-0.25, -0.2) is 0 Å². The fourth-order valence-corrected chi connectivity index (χ4v) is 2.49. The molecule has 2 rings (SSSR count).